The molecule has 4 atom stereocenters. The molecule has 2 aliphatic heterocycles. The number of ether oxygens (including phenoxy) is 4. The summed E-state index contributed by atoms with van der Waals surface area (Å²) in [7, 11) is -3.74. The van der Waals surface area contributed by atoms with Gasteiger partial charge in [0, 0.05) is 28.9 Å². The largest absolute Gasteiger partial charge is 0.485 e. The van der Waals surface area contributed by atoms with Crippen LogP contribution in [-0.4, -0.2) is 56.6 Å². The number of hydrogen-bond donors (Lipinski definition) is 1. The molecule has 5 rings (SSSR count). The lowest BCUT2D eigenvalue weighted by Crippen LogP contribution is -2.40. The normalized spacial score (nSPS) is 23.0. The van der Waals surface area contributed by atoms with Crippen LogP contribution in [-0.2, 0) is 19.5 Å². The Bertz CT molecular complexity index is 1450. The van der Waals surface area contributed by atoms with Crippen molar-refractivity contribution in [1.82, 2.24) is 9.71 Å². The molecule has 2 fully saturated rings. The highest BCUT2D eigenvalue weighted by Crippen LogP contribution is 2.33. The molecular formula is C28H29N3O6S. The fraction of sp³-hybridized carbons (Fsp3) is 0.357. The van der Waals surface area contributed by atoms with Gasteiger partial charge in [0.05, 0.1) is 29.7 Å². The maximum Gasteiger partial charge on any atom is 0.241 e. The average molecular weight is 536 g/mol. The number of nitrogens with zero attached hydrogens (tertiary/aromatic N) is 2. The minimum absolute atomic E-state index is 0.183. The minimum Gasteiger partial charge on any atom is -0.485 e. The maximum atomic E-state index is 13.0. The number of benzene rings is 2. The molecule has 38 heavy (non-hydrogen) atoms. The summed E-state index contributed by atoms with van der Waals surface area (Å²) in [5.41, 5.74) is 1.10. The lowest BCUT2D eigenvalue weighted by Gasteiger charge is -2.21. The number of fused-ring (bicyclic) bond motifs is 1. The number of hydrogen-bond acceptors (Lipinski definition) is 8. The molecular weight excluding hydrogens is 506 g/mol. The van der Waals surface area contributed by atoms with Crippen molar-refractivity contribution in [2.45, 2.75) is 55.6 Å². The van der Waals surface area contributed by atoms with E-state index in [0.717, 1.165) is 0 Å². The molecule has 2 aromatic carbocycles. The van der Waals surface area contributed by atoms with Gasteiger partial charge in [0.1, 0.15) is 18.0 Å². The van der Waals surface area contributed by atoms with E-state index < -0.39 is 15.6 Å². The second kappa shape index (κ2) is 10.3. The molecule has 3 aromatic rings. The molecule has 0 spiro atoms. The van der Waals surface area contributed by atoms with E-state index in [1.807, 2.05) is 0 Å². The third-order valence-corrected chi connectivity index (χ3v) is 7.97. The van der Waals surface area contributed by atoms with Gasteiger partial charge in [0.25, 0.3) is 0 Å². The van der Waals surface area contributed by atoms with Crippen molar-refractivity contribution in [3.63, 3.8) is 0 Å². The number of nitriles is 1. The van der Waals surface area contributed by atoms with Gasteiger partial charge < -0.3 is 18.9 Å². The maximum absolute atomic E-state index is 13.0. The summed E-state index contributed by atoms with van der Waals surface area (Å²) in [6.45, 7) is 6.05. The second-order valence-electron chi connectivity index (χ2n) is 10.3. The van der Waals surface area contributed by atoms with Gasteiger partial charge >= 0.3 is 0 Å². The van der Waals surface area contributed by atoms with Crippen LogP contribution in [0.2, 0.25) is 0 Å². The van der Waals surface area contributed by atoms with E-state index in [9.17, 15) is 8.42 Å². The van der Waals surface area contributed by atoms with Crippen molar-refractivity contribution < 1.29 is 27.4 Å². The molecule has 198 valence electrons. The van der Waals surface area contributed by atoms with Crippen LogP contribution in [0.3, 0.4) is 0 Å². The predicted octanol–water partition coefficient (Wildman–Crippen LogP) is 3.69. The zero-order valence-corrected chi connectivity index (χ0v) is 22.1. The first-order valence-electron chi connectivity index (χ1n) is 12.3. The SMILES string of the molecule is CC(C)(C)NS(=O)(=O)c1ccccc1-c1ccc(O[C@@H]2CO[C@H]3[C@@H]2OC[C@@H]3Oc2cccc(C#N)c2)nc1. The Kier molecular flexibility index (Phi) is 7.11. The monoisotopic (exact) mass is 535 g/mol. The van der Waals surface area contributed by atoms with Gasteiger partial charge in [-0.15, -0.1) is 0 Å². The molecule has 0 saturated carbocycles. The van der Waals surface area contributed by atoms with Crippen molar-refractivity contribution in [1.29, 1.82) is 5.26 Å². The quantitative estimate of drug-likeness (QED) is 0.487. The van der Waals surface area contributed by atoms with Crippen LogP contribution in [0.1, 0.15) is 26.3 Å². The second-order valence-corrected chi connectivity index (χ2v) is 11.9. The summed E-state index contributed by atoms with van der Waals surface area (Å²) < 4.78 is 52.7. The van der Waals surface area contributed by atoms with Crippen LogP contribution in [0.4, 0.5) is 0 Å². The Morgan fingerprint density at radius 2 is 1.68 bits per heavy atom. The smallest absolute Gasteiger partial charge is 0.241 e. The highest BCUT2D eigenvalue weighted by atomic mass is 32.2. The van der Waals surface area contributed by atoms with Gasteiger partial charge in [-0.1, -0.05) is 24.3 Å². The number of nitrogens with one attached hydrogen (secondary N) is 1. The summed E-state index contributed by atoms with van der Waals surface area (Å²) in [6, 6.07) is 19.4. The van der Waals surface area contributed by atoms with Crippen molar-refractivity contribution in [2.24, 2.45) is 0 Å². The summed E-state index contributed by atoms with van der Waals surface area (Å²) in [6.07, 6.45) is 0.268. The molecule has 0 bridgehead atoms. The van der Waals surface area contributed by atoms with Gasteiger partial charge in [0.15, 0.2) is 12.2 Å². The number of rotatable bonds is 7. The Hall–Kier alpha value is -3.49. The molecule has 9 nitrogen and oxygen atoms in total. The van der Waals surface area contributed by atoms with Crippen LogP contribution in [0, 0.1) is 11.3 Å². The van der Waals surface area contributed by atoms with Crippen LogP contribution < -0.4 is 14.2 Å². The third kappa shape index (κ3) is 5.66. The summed E-state index contributed by atoms with van der Waals surface area (Å²) >= 11 is 0. The van der Waals surface area contributed by atoms with Crippen molar-refractivity contribution in [3.8, 4) is 28.8 Å². The van der Waals surface area contributed by atoms with Crippen LogP contribution in [0.15, 0.2) is 71.8 Å². The van der Waals surface area contributed by atoms with Crippen molar-refractivity contribution in [2.75, 3.05) is 13.2 Å². The highest BCUT2D eigenvalue weighted by molar-refractivity contribution is 7.89. The number of pyridine rings is 1. The Morgan fingerprint density at radius 3 is 2.34 bits per heavy atom. The van der Waals surface area contributed by atoms with E-state index in [0.29, 0.717) is 41.5 Å². The topological polar surface area (TPSA) is 120 Å². The van der Waals surface area contributed by atoms with Gasteiger partial charge in [-0.2, -0.15) is 5.26 Å². The lowest BCUT2D eigenvalue weighted by atomic mass is 10.1. The first-order chi connectivity index (χ1) is 18.1. The molecule has 2 saturated heterocycles. The molecule has 0 radical (unpaired) electrons. The predicted molar refractivity (Wildman–Crippen MR) is 139 cm³/mol. The van der Waals surface area contributed by atoms with Crippen molar-refractivity contribution >= 4 is 10.0 Å². The molecule has 0 unspecified atom stereocenters. The summed E-state index contributed by atoms with van der Waals surface area (Å²) in [5, 5.41) is 9.11. The Balaban J connectivity index is 1.26. The fourth-order valence-electron chi connectivity index (χ4n) is 4.61. The molecule has 0 aliphatic carbocycles. The molecule has 1 aromatic heterocycles. The number of sulfonamides is 1. The first kappa shape index (κ1) is 26.1. The first-order valence-corrected chi connectivity index (χ1v) is 13.8. The van der Waals surface area contributed by atoms with E-state index in [2.05, 4.69) is 15.8 Å². The molecule has 0 amide bonds. The molecule has 1 N–H and O–H groups in total. The lowest BCUT2D eigenvalue weighted by molar-refractivity contribution is 0.0168. The molecule has 2 aliphatic rings. The third-order valence-electron chi connectivity index (χ3n) is 6.15. The Morgan fingerprint density at radius 1 is 0.974 bits per heavy atom. The van der Waals surface area contributed by atoms with E-state index in [1.54, 1.807) is 87.6 Å². The number of aromatic nitrogens is 1. The standard InChI is InChI=1S/C28H29N3O6S/c1-28(2,3)31-38(32,33)24-10-5-4-9-21(24)19-11-12-25(30-15-19)37-23-17-35-26-22(16-34-27(23)26)36-20-8-6-7-18(13-20)14-29/h4-13,15,22-23,26-27,31H,16-17H2,1-3H3/t22-,23+,26+,27+/m0/s1. The zero-order chi connectivity index (χ0) is 26.9. The Labute approximate surface area is 222 Å². The van der Waals surface area contributed by atoms with Crippen LogP contribution in [0.5, 0.6) is 11.6 Å². The zero-order valence-electron chi connectivity index (χ0n) is 21.3. The average Bonchev–Trinajstić information content (AvgIpc) is 3.46. The highest BCUT2D eigenvalue weighted by Gasteiger charge is 2.50. The van der Waals surface area contributed by atoms with E-state index in [1.165, 1.54) is 0 Å². The van der Waals surface area contributed by atoms with Gasteiger partial charge in [-0.3, -0.25) is 0 Å². The molecule has 3 heterocycles. The van der Waals surface area contributed by atoms with E-state index in [4.69, 9.17) is 24.2 Å². The van der Waals surface area contributed by atoms with Crippen LogP contribution in [0.25, 0.3) is 11.1 Å². The van der Waals surface area contributed by atoms with Gasteiger partial charge in [0.2, 0.25) is 15.9 Å². The van der Waals surface area contributed by atoms with Crippen LogP contribution >= 0.6 is 0 Å². The van der Waals surface area contributed by atoms with Gasteiger partial charge in [-0.25, -0.2) is 18.1 Å². The summed E-state index contributed by atoms with van der Waals surface area (Å²) in [5.74, 6) is 0.967. The van der Waals surface area contributed by atoms with Crippen molar-refractivity contribution in [3.05, 3.63) is 72.4 Å². The molecule has 10 heteroatoms. The minimum atomic E-state index is -3.74. The van der Waals surface area contributed by atoms with Gasteiger partial charge in [-0.05, 0) is 51.1 Å². The van der Waals surface area contributed by atoms with E-state index in [-0.39, 0.29) is 29.3 Å². The van der Waals surface area contributed by atoms with E-state index >= 15 is 0 Å². The summed E-state index contributed by atoms with van der Waals surface area (Å²) in [4.78, 5) is 4.61. The fourth-order valence-corrected chi connectivity index (χ4v) is 6.26.